The van der Waals surface area contributed by atoms with Gasteiger partial charge in [-0.1, -0.05) is 35.3 Å². The Bertz CT molecular complexity index is 963. The van der Waals surface area contributed by atoms with E-state index in [1.165, 1.54) is 0 Å². The first-order chi connectivity index (χ1) is 16.3. The highest BCUT2D eigenvalue weighted by molar-refractivity contribution is 6.42. The van der Waals surface area contributed by atoms with Crippen molar-refractivity contribution in [2.75, 3.05) is 52.4 Å². The third-order valence-electron chi connectivity index (χ3n) is 5.90. The number of ether oxygens (including phenoxy) is 1. The van der Waals surface area contributed by atoms with Crippen LogP contribution in [0.1, 0.15) is 32.4 Å². The molecule has 0 bridgehead atoms. The van der Waals surface area contributed by atoms with Crippen LogP contribution in [0.3, 0.4) is 0 Å². The molecule has 2 heterocycles. The van der Waals surface area contributed by atoms with Gasteiger partial charge in [0.05, 0.1) is 28.3 Å². The topological polar surface area (TPSA) is 94.2 Å². The summed E-state index contributed by atoms with van der Waals surface area (Å²) in [6.07, 6.45) is 0. The maximum absolute atomic E-state index is 13.2. The number of nitrogens with zero attached hydrogens (tertiary/aromatic N) is 3. The lowest BCUT2D eigenvalue weighted by atomic mass is 9.94. The summed E-state index contributed by atoms with van der Waals surface area (Å²) in [5.74, 6) is -0.516. The molecule has 11 heteroatoms. The van der Waals surface area contributed by atoms with Gasteiger partial charge >= 0.3 is 18.0 Å². The van der Waals surface area contributed by atoms with Gasteiger partial charge in [-0.05, 0) is 32.4 Å². The number of likely N-dealkylation sites (N-methyl/N-ethyl adjacent to an activating group) is 1. The predicted molar refractivity (Wildman–Crippen MR) is 131 cm³/mol. The molecule has 1 saturated heterocycles. The van der Waals surface area contributed by atoms with E-state index in [0.717, 1.165) is 0 Å². The quantitative estimate of drug-likeness (QED) is 0.548. The largest absolute Gasteiger partial charge is 0.463 e. The molecule has 186 valence electrons. The van der Waals surface area contributed by atoms with Crippen LogP contribution >= 0.6 is 23.2 Å². The minimum absolute atomic E-state index is 0.0866. The Hall–Kier alpha value is -2.49. The van der Waals surface area contributed by atoms with Gasteiger partial charge in [-0.2, -0.15) is 0 Å². The van der Waals surface area contributed by atoms with Gasteiger partial charge in [0.15, 0.2) is 0 Å². The fraction of sp³-hybridized carbons (Fsp3) is 0.522. The van der Waals surface area contributed by atoms with E-state index in [1.807, 2.05) is 13.8 Å². The van der Waals surface area contributed by atoms with Crippen molar-refractivity contribution in [1.82, 2.24) is 25.3 Å². The Kier molecular flexibility index (Phi) is 9.04. The number of carbonyl (C=O) groups excluding carboxylic acids is 3. The summed E-state index contributed by atoms with van der Waals surface area (Å²) in [7, 11) is 0. The van der Waals surface area contributed by atoms with Crippen molar-refractivity contribution >= 4 is 41.2 Å². The number of nitrogens with one attached hydrogen (secondary N) is 2. The molecule has 1 atom stereocenters. The average Bonchev–Trinajstić information content (AvgIpc) is 2.81. The van der Waals surface area contributed by atoms with Crippen LogP contribution in [0.15, 0.2) is 29.5 Å². The van der Waals surface area contributed by atoms with Crippen molar-refractivity contribution in [3.8, 4) is 0 Å². The lowest BCUT2D eigenvalue weighted by Crippen LogP contribution is -2.55. The number of urea groups is 2. The van der Waals surface area contributed by atoms with E-state index in [-0.39, 0.29) is 23.7 Å². The van der Waals surface area contributed by atoms with Crippen LogP contribution in [0.4, 0.5) is 9.59 Å². The van der Waals surface area contributed by atoms with Crippen LogP contribution in [-0.2, 0) is 9.53 Å². The maximum Gasteiger partial charge on any atom is 0.338 e. The molecule has 0 aromatic heterocycles. The molecule has 0 aliphatic carbocycles. The first-order valence-electron chi connectivity index (χ1n) is 11.5. The molecule has 34 heavy (non-hydrogen) atoms. The number of halogens is 2. The van der Waals surface area contributed by atoms with Gasteiger partial charge in [-0.15, -0.1) is 0 Å². The normalized spacial score (nSPS) is 19.2. The second-order valence-corrected chi connectivity index (χ2v) is 8.73. The summed E-state index contributed by atoms with van der Waals surface area (Å²) >= 11 is 12.7. The summed E-state index contributed by atoms with van der Waals surface area (Å²) in [5.41, 5.74) is 1.43. The number of esters is 1. The van der Waals surface area contributed by atoms with Gasteiger partial charge in [0.1, 0.15) is 0 Å². The van der Waals surface area contributed by atoms with Gasteiger partial charge in [0.25, 0.3) is 0 Å². The smallest absolute Gasteiger partial charge is 0.338 e. The zero-order valence-electron chi connectivity index (χ0n) is 19.7. The molecule has 9 nitrogen and oxygen atoms in total. The van der Waals surface area contributed by atoms with Crippen LogP contribution in [0.5, 0.6) is 0 Å². The van der Waals surface area contributed by atoms with Gasteiger partial charge in [0, 0.05) is 51.5 Å². The SMILES string of the molecule is CCNC(=O)N1CCN(CC2=C(C(=O)OCC)[C@@H](c3cccc(Cl)c3Cl)NC(=O)N2CC)CC1. The fourth-order valence-corrected chi connectivity index (χ4v) is 4.64. The Morgan fingerprint density at radius 2 is 1.85 bits per heavy atom. The Morgan fingerprint density at radius 1 is 1.15 bits per heavy atom. The molecule has 1 aromatic carbocycles. The zero-order valence-corrected chi connectivity index (χ0v) is 21.2. The number of rotatable bonds is 7. The van der Waals surface area contributed by atoms with Crippen LogP contribution in [0.2, 0.25) is 10.0 Å². The third kappa shape index (κ3) is 5.59. The molecule has 0 unspecified atom stereocenters. The third-order valence-corrected chi connectivity index (χ3v) is 6.74. The number of carbonyl (C=O) groups is 3. The van der Waals surface area contributed by atoms with Crippen molar-refractivity contribution < 1.29 is 19.1 Å². The number of amides is 4. The number of benzene rings is 1. The van der Waals surface area contributed by atoms with Crippen molar-refractivity contribution in [2.45, 2.75) is 26.8 Å². The molecule has 2 aliphatic rings. The maximum atomic E-state index is 13.2. The Morgan fingerprint density at radius 3 is 2.47 bits per heavy atom. The first-order valence-corrected chi connectivity index (χ1v) is 12.2. The first kappa shape index (κ1) is 26.1. The van der Waals surface area contributed by atoms with E-state index < -0.39 is 12.0 Å². The summed E-state index contributed by atoms with van der Waals surface area (Å²) in [6, 6.07) is 3.91. The van der Waals surface area contributed by atoms with Crippen LogP contribution in [0.25, 0.3) is 0 Å². The predicted octanol–water partition coefficient (Wildman–Crippen LogP) is 3.24. The molecule has 0 spiro atoms. The summed E-state index contributed by atoms with van der Waals surface area (Å²) in [6.45, 7) is 9.28. The van der Waals surface area contributed by atoms with E-state index in [9.17, 15) is 14.4 Å². The van der Waals surface area contributed by atoms with Crippen molar-refractivity contribution in [1.29, 1.82) is 0 Å². The van der Waals surface area contributed by atoms with Crippen molar-refractivity contribution in [3.63, 3.8) is 0 Å². The number of piperazine rings is 1. The van der Waals surface area contributed by atoms with Crippen LogP contribution < -0.4 is 10.6 Å². The summed E-state index contributed by atoms with van der Waals surface area (Å²) in [4.78, 5) is 43.9. The molecule has 1 fully saturated rings. The van der Waals surface area contributed by atoms with Crippen LogP contribution in [0, 0.1) is 0 Å². The Labute approximate surface area is 210 Å². The molecular weight excluding hydrogens is 481 g/mol. The number of hydrogen-bond donors (Lipinski definition) is 2. The van der Waals surface area contributed by atoms with Crippen molar-refractivity contribution in [2.24, 2.45) is 0 Å². The van der Waals surface area contributed by atoms with Gasteiger partial charge in [0.2, 0.25) is 0 Å². The van der Waals surface area contributed by atoms with E-state index in [0.29, 0.717) is 67.7 Å². The molecule has 1 aromatic rings. The highest BCUT2D eigenvalue weighted by atomic mass is 35.5. The molecule has 3 rings (SSSR count). The lowest BCUT2D eigenvalue weighted by molar-refractivity contribution is -0.139. The molecule has 2 aliphatic heterocycles. The Balaban J connectivity index is 1.97. The van der Waals surface area contributed by atoms with Gasteiger partial charge in [-0.25, -0.2) is 14.4 Å². The zero-order chi connectivity index (χ0) is 24.8. The van der Waals surface area contributed by atoms with Crippen LogP contribution in [-0.4, -0.2) is 85.2 Å². The highest BCUT2D eigenvalue weighted by Crippen LogP contribution is 2.37. The van der Waals surface area contributed by atoms with Crippen molar-refractivity contribution in [3.05, 3.63) is 45.1 Å². The molecular formula is C23H31Cl2N5O4. The van der Waals surface area contributed by atoms with E-state index in [1.54, 1.807) is 34.9 Å². The lowest BCUT2D eigenvalue weighted by Gasteiger charge is -2.40. The second-order valence-electron chi connectivity index (χ2n) is 7.95. The molecule has 2 N–H and O–H groups in total. The molecule has 0 saturated carbocycles. The minimum atomic E-state index is -0.799. The molecule has 4 amide bonds. The standard InChI is InChI=1S/C23H31Cl2N5O4/c1-4-26-22(32)29-12-10-28(11-13-29)14-17-18(21(31)34-6-3)20(27-23(33)30(17)5-2)15-8-7-9-16(24)19(15)25/h7-9,20H,4-6,10-14H2,1-3H3,(H,26,32)(H,27,33)/t20-/m1/s1. The van der Waals surface area contributed by atoms with Gasteiger partial charge in [-0.3, -0.25) is 9.80 Å². The van der Waals surface area contributed by atoms with E-state index in [4.69, 9.17) is 27.9 Å². The second kappa shape index (κ2) is 11.8. The van der Waals surface area contributed by atoms with E-state index in [2.05, 4.69) is 15.5 Å². The molecule has 0 radical (unpaired) electrons. The average molecular weight is 512 g/mol. The number of hydrogen-bond acceptors (Lipinski definition) is 5. The summed E-state index contributed by atoms with van der Waals surface area (Å²) < 4.78 is 5.40. The monoisotopic (exact) mass is 511 g/mol. The fourth-order valence-electron chi connectivity index (χ4n) is 4.22. The van der Waals surface area contributed by atoms with E-state index >= 15 is 0 Å². The highest BCUT2D eigenvalue weighted by Gasteiger charge is 2.39. The summed E-state index contributed by atoms with van der Waals surface area (Å²) in [5, 5.41) is 6.32. The minimum Gasteiger partial charge on any atom is -0.463 e. The van der Waals surface area contributed by atoms with Gasteiger partial charge < -0.3 is 20.3 Å².